The number of nitrogens with one attached hydrogen (secondary N) is 1. The highest BCUT2D eigenvalue weighted by Gasteiger charge is 2.23. The van der Waals surface area contributed by atoms with Gasteiger partial charge in [0.25, 0.3) is 10.0 Å². The monoisotopic (exact) mass is 294 g/mol. The lowest BCUT2D eigenvalue weighted by atomic mass is 10.2. The highest BCUT2D eigenvalue weighted by atomic mass is 32.2. The smallest absolute Gasteiger partial charge is 0.260 e. The van der Waals surface area contributed by atoms with Crippen molar-refractivity contribution in [2.75, 3.05) is 12.8 Å². The number of para-hydroxylation sites is 1. The first-order chi connectivity index (χ1) is 9.45. The molecular weight excluding hydrogens is 276 g/mol. The lowest BCUT2D eigenvalue weighted by Crippen LogP contribution is -2.27. The van der Waals surface area contributed by atoms with E-state index in [1.54, 1.807) is 6.07 Å². The average Bonchev–Trinajstić information content (AvgIpc) is 2.90. The molecule has 0 spiro atoms. The summed E-state index contributed by atoms with van der Waals surface area (Å²) in [6.45, 7) is 2.12. The van der Waals surface area contributed by atoms with Crippen LogP contribution in [0.25, 0.3) is 0 Å². The van der Waals surface area contributed by atoms with Crippen LogP contribution in [0, 0.1) is 0 Å². The SMILES string of the molecule is CCc1ncc(S(=O)(=O)N(C)Cc2ccccc2N)[nH]1. The van der Waals surface area contributed by atoms with Gasteiger partial charge in [-0.25, -0.2) is 13.4 Å². The number of nitrogens with zero attached hydrogens (tertiary/aromatic N) is 2. The third kappa shape index (κ3) is 2.83. The van der Waals surface area contributed by atoms with Gasteiger partial charge in [0, 0.05) is 25.7 Å². The van der Waals surface area contributed by atoms with Gasteiger partial charge in [-0.2, -0.15) is 4.31 Å². The zero-order chi connectivity index (χ0) is 14.8. The van der Waals surface area contributed by atoms with E-state index in [1.807, 2.05) is 25.1 Å². The van der Waals surface area contributed by atoms with Gasteiger partial charge < -0.3 is 10.7 Å². The predicted molar refractivity (Wildman–Crippen MR) is 77.5 cm³/mol. The molecule has 0 aliphatic carbocycles. The number of aromatic amines is 1. The quantitative estimate of drug-likeness (QED) is 0.815. The van der Waals surface area contributed by atoms with E-state index in [0.29, 0.717) is 17.9 Å². The number of rotatable bonds is 5. The minimum absolute atomic E-state index is 0.103. The van der Waals surface area contributed by atoms with Crippen LogP contribution in [0.4, 0.5) is 5.69 Å². The van der Waals surface area contributed by atoms with Gasteiger partial charge in [-0.05, 0) is 11.6 Å². The van der Waals surface area contributed by atoms with Crippen molar-refractivity contribution < 1.29 is 8.42 Å². The minimum atomic E-state index is -3.58. The summed E-state index contributed by atoms with van der Waals surface area (Å²) in [5.74, 6) is 0.649. The van der Waals surface area contributed by atoms with Crippen molar-refractivity contribution in [3.8, 4) is 0 Å². The van der Waals surface area contributed by atoms with Crippen LogP contribution in [0.3, 0.4) is 0 Å². The minimum Gasteiger partial charge on any atom is -0.398 e. The van der Waals surface area contributed by atoms with Crippen LogP contribution >= 0.6 is 0 Å². The van der Waals surface area contributed by atoms with Crippen LogP contribution in [0.1, 0.15) is 18.3 Å². The van der Waals surface area contributed by atoms with Gasteiger partial charge in [0.15, 0.2) is 5.03 Å². The number of anilines is 1. The first-order valence-electron chi connectivity index (χ1n) is 6.28. The fraction of sp³-hybridized carbons (Fsp3) is 0.308. The number of aryl methyl sites for hydroxylation is 1. The molecule has 1 aromatic heterocycles. The molecule has 0 saturated heterocycles. The maximum absolute atomic E-state index is 12.4. The van der Waals surface area contributed by atoms with Crippen molar-refractivity contribution in [3.05, 3.63) is 41.9 Å². The number of nitrogens with two attached hydrogens (primary N) is 1. The van der Waals surface area contributed by atoms with Crippen molar-refractivity contribution in [1.29, 1.82) is 0 Å². The number of H-pyrrole nitrogens is 1. The summed E-state index contributed by atoms with van der Waals surface area (Å²) < 4.78 is 26.0. The van der Waals surface area contributed by atoms with E-state index >= 15 is 0 Å². The van der Waals surface area contributed by atoms with Gasteiger partial charge in [0.1, 0.15) is 5.82 Å². The highest BCUT2D eigenvalue weighted by molar-refractivity contribution is 7.89. The van der Waals surface area contributed by atoms with E-state index in [4.69, 9.17) is 5.73 Å². The van der Waals surface area contributed by atoms with E-state index in [0.717, 1.165) is 5.56 Å². The number of hydrogen-bond acceptors (Lipinski definition) is 4. The summed E-state index contributed by atoms with van der Waals surface area (Å²) in [6.07, 6.45) is 2.00. The Bertz CT molecular complexity index is 694. The van der Waals surface area contributed by atoms with E-state index < -0.39 is 10.0 Å². The van der Waals surface area contributed by atoms with Crippen molar-refractivity contribution in [3.63, 3.8) is 0 Å². The standard InChI is InChI=1S/C13H18N4O2S/c1-3-12-15-8-13(16-12)20(18,19)17(2)9-10-6-4-5-7-11(10)14/h4-8H,3,9,14H2,1-2H3,(H,15,16). The molecule has 6 nitrogen and oxygen atoms in total. The molecule has 0 amide bonds. The summed E-state index contributed by atoms with van der Waals surface area (Å²) in [5.41, 5.74) is 7.18. The summed E-state index contributed by atoms with van der Waals surface area (Å²) in [6, 6.07) is 7.21. The van der Waals surface area contributed by atoms with Gasteiger partial charge in [-0.1, -0.05) is 25.1 Å². The van der Waals surface area contributed by atoms with Gasteiger partial charge >= 0.3 is 0 Å². The second-order valence-electron chi connectivity index (χ2n) is 4.51. The number of benzene rings is 1. The van der Waals surface area contributed by atoms with E-state index in [2.05, 4.69) is 9.97 Å². The lowest BCUT2D eigenvalue weighted by molar-refractivity contribution is 0.464. The van der Waals surface area contributed by atoms with E-state index in [9.17, 15) is 8.42 Å². The normalized spacial score (nSPS) is 11.9. The van der Waals surface area contributed by atoms with Crippen LogP contribution in [-0.2, 0) is 23.0 Å². The lowest BCUT2D eigenvalue weighted by Gasteiger charge is -2.17. The molecule has 0 fully saturated rings. The van der Waals surface area contributed by atoms with Crippen molar-refractivity contribution in [2.24, 2.45) is 0 Å². The van der Waals surface area contributed by atoms with E-state index in [1.165, 1.54) is 17.5 Å². The van der Waals surface area contributed by atoms with Gasteiger partial charge in [0.05, 0.1) is 6.20 Å². The molecule has 1 aromatic carbocycles. The molecule has 1 heterocycles. The first-order valence-corrected chi connectivity index (χ1v) is 7.72. The molecule has 0 atom stereocenters. The third-order valence-electron chi connectivity index (χ3n) is 3.08. The zero-order valence-corrected chi connectivity index (χ0v) is 12.3. The fourth-order valence-electron chi connectivity index (χ4n) is 1.83. The largest absolute Gasteiger partial charge is 0.398 e. The van der Waals surface area contributed by atoms with Crippen LogP contribution in [-0.4, -0.2) is 29.7 Å². The molecule has 0 aliphatic heterocycles. The Morgan fingerprint density at radius 2 is 2.05 bits per heavy atom. The Balaban J connectivity index is 2.23. The second-order valence-corrected chi connectivity index (χ2v) is 6.52. The molecule has 3 N–H and O–H groups in total. The first kappa shape index (κ1) is 14.5. The van der Waals surface area contributed by atoms with Gasteiger partial charge in [-0.15, -0.1) is 0 Å². The second kappa shape index (κ2) is 5.64. The fourth-order valence-corrected chi connectivity index (χ4v) is 2.90. The Labute approximate surface area is 118 Å². The molecule has 108 valence electrons. The summed E-state index contributed by atoms with van der Waals surface area (Å²) in [7, 11) is -2.06. The van der Waals surface area contributed by atoms with Crippen LogP contribution in [0.15, 0.2) is 35.5 Å². The molecule has 2 aromatic rings. The van der Waals surface area contributed by atoms with E-state index in [-0.39, 0.29) is 11.6 Å². The Morgan fingerprint density at radius 3 is 2.65 bits per heavy atom. The number of imidazole rings is 1. The molecule has 0 saturated carbocycles. The summed E-state index contributed by atoms with van der Waals surface area (Å²) in [4.78, 5) is 6.83. The Hall–Kier alpha value is -1.86. The maximum Gasteiger partial charge on any atom is 0.260 e. The van der Waals surface area contributed by atoms with Crippen molar-refractivity contribution in [1.82, 2.24) is 14.3 Å². The number of nitrogen functional groups attached to an aromatic ring is 1. The Morgan fingerprint density at radius 1 is 1.35 bits per heavy atom. The Kier molecular flexibility index (Phi) is 4.10. The number of aromatic nitrogens is 2. The molecule has 7 heteroatoms. The summed E-state index contributed by atoms with van der Waals surface area (Å²) >= 11 is 0. The zero-order valence-electron chi connectivity index (χ0n) is 11.5. The molecule has 0 radical (unpaired) electrons. The van der Waals surface area contributed by atoms with Crippen LogP contribution < -0.4 is 5.73 Å². The van der Waals surface area contributed by atoms with Gasteiger partial charge in [0.2, 0.25) is 0 Å². The van der Waals surface area contributed by atoms with Crippen molar-refractivity contribution >= 4 is 15.7 Å². The molecule has 0 bridgehead atoms. The molecule has 2 rings (SSSR count). The number of sulfonamides is 1. The van der Waals surface area contributed by atoms with Crippen LogP contribution in [0.5, 0.6) is 0 Å². The molecule has 0 aliphatic rings. The maximum atomic E-state index is 12.4. The topological polar surface area (TPSA) is 92.1 Å². The molecular formula is C13H18N4O2S. The summed E-state index contributed by atoms with van der Waals surface area (Å²) in [5, 5.41) is 0.103. The third-order valence-corrected chi connectivity index (χ3v) is 4.79. The van der Waals surface area contributed by atoms with Crippen LogP contribution in [0.2, 0.25) is 0 Å². The molecule has 20 heavy (non-hydrogen) atoms. The average molecular weight is 294 g/mol. The molecule has 0 unspecified atom stereocenters. The van der Waals surface area contributed by atoms with Gasteiger partial charge in [-0.3, -0.25) is 0 Å². The predicted octanol–water partition coefficient (Wildman–Crippen LogP) is 1.38. The number of hydrogen-bond donors (Lipinski definition) is 2. The van der Waals surface area contributed by atoms with Crippen molar-refractivity contribution in [2.45, 2.75) is 24.9 Å². The highest BCUT2D eigenvalue weighted by Crippen LogP contribution is 2.18.